The number of hydrogen-bond acceptors (Lipinski definition) is 3. The number of benzene rings is 2. The Morgan fingerprint density at radius 1 is 1.15 bits per heavy atom. The summed E-state index contributed by atoms with van der Waals surface area (Å²) in [5, 5.41) is 2.54. The van der Waals surface area contributed by atoms with Crippen molar-refractivity contribution in [3.05, 3.63) is 78.1 Å². The Morgan fingerprint density at radius 3 is 2.65 bits per heavy atom. The van der Waals surface area contributed by atoms with Crippen LogP contribution >= 0.6 is 12.2 Å². The van der Waals surface area contributed by atoms with Gasteiger partial charge in [0.25, 0.3) is 11.8 Å². The first-order valence-corrected chi connectivity index (χ1v) is 8.27. The first kappa shape index (κ1) is 17.7. The lowest BCUT2D eigenvalue weighted by molar-refractivity contribution is -0.128. The topological polar surface area (TPSA) is 49.4 Å². The molecule has 1 aliphatic rings. The molecule has 1 fully saturated rings. The molecule has 2 aromatic carbocycles. The second kappa shape index (κ2) is 7.41. The molecule has 2 aromatic rings. The highest BCUT2D eigenvalue weighted by atomic mass is 32.1. The van der Waals surface area contributed by atoms with E-state index in [0.29, 0.717) is 16.7 Å². The van der Waals surface area contributed by atoms with Crippen LogP contribution in [0.2, 0.25) is 0 Å². The summed E-state index contributed by atoms with van der Waals surface area (Å²) >= 11 is 5.02. The molecule has 0 unspecified atom stereocenters. The number of carbonyl (C=O) groups excluding carboxylic acids is 2. The standard InChI is InChI=1S/C20H15FN2O2S/c1-2-10-23-19(25)16(18(24)22-20(23)26)12-13-6-5-7-14(11-13)15-8-3-4-9-17(15)21/h2-9,11-12H,1,10H2,(H,22,24,26). The molecular formula is C20H15FN2O2S. The molecule has 0 aliphatic carbocycles. The molecule has 1 N–H and O–H groups in total. The Morgan fingerprint density at radius 2 is 1.92 bits per heavy atom. The molecule has 1 aliphatic heterocycles. The molecule has 6 heteroatoms. The van der Waals surface area contributed by atoms with E-state index in [9.17, 15) is 14.0 Å². The highest BCUT2D eigenvalue weighted by Gasteiger charge is 2.32. The molecule has 2 amide bonds. The fourth-order valence-electron chi connectivity index (χ4n) is 2.65. The van der Waals surface area contributed by atoms with Crippen LogP contribution in [0.3, 0.4) is 0 Å². The number of thiocarbonyl (C=S) groups is 1. The van der Waals surface area contributed by atoms with Crippen molar-refractivity contribution in [2.45, 2.75) is 0 Å². The molecule has 0 aromatic heterocycles. The zero-order valence-electron chi connectivity index (χ0n) is 13.7. The Balaban J connectivity index is 1.99. The Hall–Kier alpha value is -3.12. The molecule has 0 atom stereocenters. The van der Waals surface area contributed by atoms with Gasteiger partial charge in [0.05, 0.1) is 0 Å². The summed E-state index contributed by atoms with van der Waals surface area (Å²) in [5.74, 6) is -1.39. The SMILES string of the molecule is C=CCN1C(=O)C(=Cc2cccc(-c3ccccc3F)c2)C(=O)NC1=S. The molecule has 0 spiro atoms. The van der Waals surface area contributed by atoms with Crippen molar-refractivity contribution in [3.8, 4) is 11.1 Å². The summed E-state index contributed by atoms with van der Waals surface area (Å²) in [7, 11) is 0. The van der Waals surface area contributed by atoms with E-state index in [4.69, 9.17) is 12.2 Å². The van der Waals surface area contributed by atoms with Gasteiger partial charge in [-0.2, -0.15) is 0 Å². The van der Waals surface area contributed by atoms with Crippen LogP contribution in [0.25, 0.3) is 17.2 Å². The van der Waals surface area contributed by atoms with E-state index in [1.807, 2.05) is 0 Å². The van der Waals surface area contributed by atoms with Crippen molar-refractivity contribution in [2.24, 2.45) is 0 Å². The second-order valence-corrected chi connectivity index (χ2v) is 6.01. The summed E-state index contributed by atoms with van der Waals surface area (Å²) < 4.78 is 14.0. The van der Waals surface area contributed by atoms with Crippen LogP contribution in [0.5, 0.6) is 0 Å². The summed E-state index contributed by atoms with van der Waals surface area (Å²) in [6.07, 6.45) is 3.00. The number of halogens is 1. The van der Waals surface area contributed by atoms with Gasteiger partial charge in [-0.3, -0.25) is 19.8 Å². The second-order valence-electron chi connectivity index (χ2n) is 5.63. The third-order valence-electron chi connectivity index (χ3n) is 3.88. The molecule has 0 radical (unpaired) electrons. The first-order chi connectivity index (χ1) is 12.5. The molecule has 1 saturated heterocycles. The number of rotatable bonds is 4. The lowest BCUT2D eigenvalue weighted by Crippen LogP contribution is -2.53. The van der Waals surface area contributed by atoms with Crippen molar-refractivity contribution in [3.63, 3.8) is 0 Å². The van der Waals surface area contributed by atoms with E-state index < -0.39 is 11.8 Å². The molecule has 4 nitrogen and oxygen atoms in total. The number of carbonyl (C=O) groups is 2. The van der Waals surface area contributed by atoms with Crippen LogP contribution in [0, 0.1) is 5.82 Å². The van der Waals surface area contributed by atoms with E-state index in [2.05, 4.69) is 11.9 Å². The van der Waals surface area contributed by atoms with Crippen molar-refractivity contribution < 1.29 is 14.0 Å². The highest BCUT2D eigenvalue weighted by Crippen LogP contribution is 2.24. The monoisotopic (exact) mass is 366 g/mol. The smallest absolute Gasteiger partial charge is 0.265 e. The van der Waals surface area contributed by atoms with Crippen LogP contribution < -0.4 is 5.32 Å². The average molecular weight is 366 g/mol. The maximum Gasteiger partial charge on any atom is 0.265 e. The Bertz CT molecular complexity index is 952. The van der Waals surface area contributed by atoms with E-state index in [1.54, 1.807) is 42.5 Å². The van der Waals surface area contributed by atoms with Crippen LogP contribution in [0.15, 0.2) is 66.8 Å². The minimum Gasteiger partial charge on any atom is -0.298 e. The number of hydrogen-bond donors (Lipinski definition) is 1. The predicted octanol–water partition coefficient (Wildman–Crippen LogP) is 3.31. The minimum atomic E-state index is -0.559. The maximum atomic E-state index is 14.0. The largest absolute Gasteiger partial charge is 0.298 e. The zero-order chi connectivity index (χ0) is 18.7. The van der Waals surface area contributed by atoms with Crippen LogP contribution in [-0.2, 0) is 9.59 Å². The quantitative estimate of drug-likeness (QED) is 0.391. The van der Waals surface area contributed by atoms with Crippen molar-refractivity contribution in [2.75, 3.05) is 6.54 Å². The minimum absolute atomic E-state index is 0.0360. The fourth-order valence-corrected chi connectivity index (χ4v) is 2.90. The molecule has 130 valence electrons. The third-order valence-corrected chi connectivity index (χ3v) is 4.20. The summed E-state index contributed by atoms with van der Waals surface area (Å²) in [5.41, 5.74) is 1.67. The number of nitrogens with one attached hydrogen (secondary N) is 1. The van der Waals surface area contributed by atoms with E-state index in [-0.39, 0.29) is 23.0 Å². The molecule has 1 heterocycles. The average Bonchev–Trinajstić information content (AvgIpc) is 2.63. The van der Waals surface area contributed by atoms with Gasteiger partial charge in [-0.05, 0) is 41.6 Å². The van der Waals surface area contributed by atoms with Gasteiger partial charge in [-0.15, -0.1) is 6.58 Å². The molecule has 3 rings (SSSR count). The van der Waals surface area contributed by atoms with Crippen molar-refractivity contribution in [1.29, 1.82) is 0 Å². The predicted molar refractivity (Wildman–Crippen MR) is 102 cm³/mol. The normalized spacial score (nSPS) is 16.0. The Labute approximate surface area is 155 Å². The zero-order valence-corrected chi connectivity index (χ0v) is 14.6. The fraction of sp³-hybridized carbons (Fsp3) is 0.0500. The first-order valence-electron chi connectivity index (χ1n) is 7.86. The summed E-state index contributed by atoms with van der Waals surface area (Å²) in [6, 6.07) is 13.4. The lowest BCUT2D eigenvalue weighted by atomic mass is 10.0. The molecule has 0 saturated carbocycles. The van der Waals surface area contributed by atoms with Gasteiger partial charge in [0.15, 0.2) is 5.11 Å². The van der Waals surface area contributed by atoms with Gasteiger partial charge in [-0.25, -0.2) is 4.39 Å². The van der Waals surface area contributed by atoms with Gasteiger partial charge in [0, 0.05) is 12.1 Å². The van der Waals surface area contributed by atoms with Crippen molar-refractivity contribution in [1.82, 2.24) is 10.2 Å². The summed E-state index contributed by atoms with van der Waals surface area (Å²) in [6.45, 7) is 3.78. The Kier molecular flexibility index (Phi) is 5.04. The third kappa shape index (κ3) is 3.45. The van der Waals surface area contributed by atoms with Gasteiger partial charge < -0.3 is 0 Å². The molecule has 26 heavy (non-hydrogen) atoms. The van der Waals surface area contributed by atoms with Crippen LogP contribution in [0.1, 0.15) is 5.56 Å². The van der Waals surface area contributed by atoms with Gasteiger partial charge >= 0.3 is 0 Å². The van der Waals surface area contributed by atoms with Crippen molar-refractivity contribution >= 4 is 35.2 Å². The van der Waals surface area contributed by atoms with Crippen LogP contribution in [0.4, 0.5) is 4.39 Å². The highest BCUT2D eigenvalue weighted by molar-refractivity contribution is 7.80. The van der Waals surface area contributed by atoms with E-state index >= 15 is 0 Å². The van der Waals surface area contributed by atoms with Gasteiger partial charge in [0.1, 0.15) is 11.4 Å². The molecule has 0 bridgehead atoms. The van der Waals surface area contributed by atoms with Gasteiger partial charge in [-0.1, -0.05) is 42.5 Å². The lowest BCUT2D eigenvalue weighted by Gasteiger charge is -2.27. The number of nitrogens with zero attached hydrogens (tertiary/aromatic N) is 1. The molecular weight excluding hydrogens is 351 g/mol. The van der Waals surface area contributed by atoms with Gasteiger partial charge in [0.2, 0.25) is 0 Å². The van der Waals surface area contributed by atoms with E-state index in [1.165, 1.54) is 23.1 Å². The number of amides is 2. The summed E-state index contributed by atoms with van der Waals surface area (Å²) in [4.78, 5) is 26.0. The van der Waals surface area contributed by atoms with Crippen LogP contribution in [-0.4, -0.2) is 28.4 Å². The maximum absolute atomic E-state index is 14.0. The van der Waals surface area contributed by atoms with E-state index in [0.717, 1.165) is 0 Å².